The van der Waals surface area contributed by atoms with Gasteiger partial charge in [-0.3, -0.25) is 0 Å². The van der Waals surface area contributed by atoms with Crippen molar-refractivity contribution in [2.75, 3.05) is 18.0 Å². The zero-order chi connectivity index (χ0) is 14.2. The Hall–Kier alpha value is -1.02. The molecule has 0 saturated heterocycles. The van der Waals surface area contributed by atoms with E-state index < -0.39 is 0 Å². The molecule has 0 amide bonds. The lowest BCUT2D eigenvalue weighted by molar-refractivity contribution is 0.459. The largest absolute Gasteiger partial charge is 0.372 e. The van der Waals surface area contributed by atoms with Gasteiger partial charge in [0.25, 0.3) is 0 Å². The molecular formula is C18H30N2. The molecule has 1 N–H and O–H groups in total. The van der Waals surface area contributed by atoms with Crippen LogP contribution in [-0.4, -0.2) is 19.1 Å². The normalized spacial score (nSPS) is 16.9. The Balaban J connectivity index is 1.83. The molecule has 112 valence electrons. The maximum atomic E-state index is 3.74. The molecule has 1 fully saturated rings. The topological polar surface area (TPSA) is 15.3 Å². The van der Waals surface area contributed by atoms with Crippen molar-refractivity contribution in [2.45, 2.75) is 65.0 Å². The van der Waals surface area contributed by atoms with Crippen LogP contribution in [0.2, 0.25) is 0 Å². The van der Waals surface area contributed by atoms with Gasteiger partial charge in [0.1, 0.15) is 0 Å². The molecule has 1 aliphatic carbocycles. The molecule has 0 aromatic heterocycles. The van der Waals surface area contributed by atoms with E-state index in [0.29, 0.717) is 0 Å². The third-order valence-corrected chi connectivity index (χ3v) is 4.51. The van der Waals surface area contributed by atoms with Crippen LogP contribution in [0.15, 0.2) is 24.3 Å². The van der Waals surface area contributed by atoms with Crippen LogP contribution in [-0.2, 0) is 6.54 Å². The van der Waals surface area contributed by atoms with Gasteiger partial charge in [-0.15, -0.1) is 0 Å². The fourth-order valence-corrected chi connectivity index (χ4v) is 3.16. The molecule has 1 aromatic rings. The minimum Gasteiger partial charge on any atom is -0.372 e. The zero-order valence-corrected chi connectivity index (χ0v) is 13.2. The summed E-state index contributed by atoms with van der Waals surface area (Å²) < 4.78 is 0. The molecule has 1 aromatic carbocycles. The van der Waals surface area contributed by atoms with Crippen LogP contribution in [0.25, 0.3) is 0 Å². The summed E-state index contributed by atoms with van der Waals surface area (Å²) in [5.74, 6) is 0. The number of nitrogens with zero attached hydrogens (tertiary/aromatic N) is 1. The first kappa shape index (κ1) is 15.4. The Bertz CT molecular complexity index is 360. The van der Waals surface area contributed by atoms with Crippen molar-refractivity contribution < 1.29 is 0 Å². The molecule has 2 nitrogen and oxygen atoms in total. The molecule has 0 aliphatic heterocycles. The van der Waals surface area contributed by atoms with Crippen LogP contribution in [0.5, 0.6) is 0 Å². The summed E-state index contributed by atoms with van der Waals surface area (Å²) in [6.07, 6.45) is 8.37. The first-order valence-corrected chi connectivity index (χ1v) is 8.40. The van der Waals surface area contributed by atoms with Gasteiger partial charge < -0.3 is 10.2 Å². The molecule has 0 spiro atoms. The van der Waals surface area contributed by atoms with Gasteiger partial charge in [0.05, 0.1) is 0 Å². The highest BCUT2D eigenvalue weighted by molar-refractivity contribution is 5.47. The van der Waals surface area contributed by atoms with Gasteiger partial charge in [-0.05, 0) is 44.4 Å². The van der Waals surface area contributed by atoms with Crippen LogP contribution < -0.4 is 10.2 Å². The molecule has 1 saturated carbocycles. The van der Waals surface area contributed by atoms with E-state index in [0.717, 1.165) is 25.7 Å². The standard InChI is InChI=1S/C18H30N2/c1-3-20(4-2)18-13-11-16(12-14-18)15-19-17-9-7-5-6-8-10-17/h11-14,17,19H,3-10,15H2,1-2H3. The molecule has 0 atom stereocenters. The number of hydrogen-bond acceptors (Lipinski definition) is 2. The van der Waals surface area contributed by atoms with Gasteiger partial charge in [0.2, 0.25) is 0 Å². The molecule has 1 aliphatic rings. The average molecular weight is 274 g/mol. The predicted octanol–water partition coefficient (Wildman–Crippen LogP) is 4.35. The van der Waals surface area contributed by atoms with E-state index in [1.807, 2.05) is 0 Å². The molecular weight excluding hydrogens is 244 g/mol. The summed E-state index contributed by atoms with van der Waals surface area (Å²) in [6, 6.07) is 9.81. The Morgan fingerprint density at radius 1 is 0.950 bits per heavy atom. The average Bonchev–Trinajstić information content (AvgIpc) is 2.76. The summed E-state index contributed by atoms with van der Waals surface area (Å²) in [4.78, 5) is 2.39. The third-order valence-electron chi connectivity index (χ3n) is 4.51. The fourth-order valence-electron chi connectivity index (χ4n) is 3.16. The van der Waals surface area contributed by atoms with E-state index in [4.69, 9.17) is 0 Å². The summed E-state index contributed by atoms with van der Waals surface area (Å²) in [7, 11) is 0. The summed E-state index contributed by atoms with van der Waals surface area (Å²) in [5.41, 5.74) is 2.75. The monoisotopic (exact) mass is 274 g/mol. The maximum Gasteiger partial charge on any atom is 0.0366 e. The van der Waals surface area contributed by atoms with Gasteiger partial charge in [-0.25, -0.2) is 0 Å². The minimum absolute atomic E-state index is 0.736. The first-order valence-electron chi connectivity index (χ1n) is 8.40. The highest BCUT2D eigenvalue weighted by atomic mass is 15.1. The van der Waals surface area contributed by atoms with Crippen molar-refractivity contribution in [3.63, 3.8) is 0 Å². The van der Waals surface area contributed by atoms with Crippen molar-refractivity contribution in [1.82, 2.24) is 5.32 Å². The second-order valence-corrected chi connectivity index (χ2v) is 5.91. The van der Waals surface area contributed by atoms with E-state index in [-0.39, 0.29) is 0 Å². The number of anilines is 1. The zero-order valence-electron chi connectivity index (χ0n) is 13.2. The number of benzene rings is 1. The molecule has 20 heavy (non-hydrogen) atoms. The van der Waals surface area contributed by atoms with Crippen LogP contribution in [0.1, 0.15) is 57.9 Å². The quantitative estimate of drug-likeness (QED) is 0.776. The van der Waals surface area contributed by atoms with Gasteiger partial charge in [0.15, 0.2) is 0 Å². The van der Waals surface area contributed by atoms with Gasteiger partial charge in [-0.1, -0.05) is 37.8 Å². The molecule has 2 rings (SSSR count). The molecule has 0 radical (unpaired) electrons. The van der Waals surface area contributed by atoms with Crippen molar-refractivity contribution in [3.05, 3.63) is 29.8 Å². The second kappa shape index (κ2) is 8.31. The number of nitrogens with one attached hydrogen (secondary N) is 1. The van der Waals surface area contributed by atoms with E-state index in [1.54, 1.807) is 0 Å². The molecule has 0 unspecified atom stereocenters. The van der Waals surface area contributed by atoms with E-state index >= 15 is 0 Å². The van der Waals surface area contributed by atoms with Crippen molar-refractivity contribution in [1.29, 1.82) is 0 Å². The number of rotatable bonds is 6. The fraction of sp³-hybridized carbons (Fsp3) is 0.667. The Kier molecular flexibility index (Phi) is 6.38. The lowest BCUT2D eigenvalue weighted by Gasteiger charge is -2.21. The van der Waals surface area contributed by atoms with Gasteiger partial charge >= 0.3 is 0 Å². The Morgan fingerprint density at radius 3 is 2.10 bits per heavy atom. The molecule has 0 bridgehead atoms. The highest BCUT2D eigenvalue weighted by Gasteiger charge is 2.11. The lowest BCUT2D eigenvalue weighted by atomic mass is 10.1. The Labute approximate surface area is 124 Å². The van der Waals surface area contributed by atoms with Crippen LogP contribution in [0.4, 0.5) is 5.69 Å². The van der Waals surface area contributed by atoms with Crippen molar-refractivity contribution in [2.24, 2.45) is 0 Å². The predicted molar refractivity (Wildman–Crippen MR) is 88.3 cm³/mol. The molecule has 0 heterocycles. The summed E-state index contributed by atoms with van der Waals surface area (Å²) in [5, 5.41) is 3.74. The van der Waals surface area contributed by atoms with Gasteiger partial charge in [-0.2, -0.15) is 0 Å². The molecule has 2 heteroatoms. The second-order valence-electron chi connectivity index (χ2n) is 5.91. The highest BCUT2D eigenvalue weighted by Crippen LogP contribution is 2.18. The van der Waals surface area contributed by atoms with Crippen LogP contribution in [0.3, 0.4) is 0 Å². The summed E-state index contributed by atoms with van der Waals surface area (Å²) in [6.45, 7) is 7.60. The van der Waals surface area contributed by atoms with E-state index in [9.17, 15) is 0 Å². The van der Waals surface area contributed by atoms with Crippen LogP contribution >= 0.6 is 0 Å². The van der Waals surface area contributed by atoms with E-state index in [2.05, 4.69) is 48.3 Å². The lowest BCUT2D eigenvalue weighted by Crippen LogP contribution is -2.27. The smallest absolute Gasteiger partial charge is 0.0366 e. The third kappa shape index (κ3) is 4.52. The first-order chi connectivity index (χ1) is 9.83. The SMILES string of the molecule is CCN(CC)c1ccc(CNC2CCCCCC2)cc1. The maximum absolute atomic E-state index is 3.74. The van der Waals surface area contributed by atoms with Crippen molar-refractivity contribution >= 4 is 5.69 Å². The number of hydrogen-bond donors (Lipinski definition) is 1. The van der Waals surface area contributed by atoms with Gasteiger partial charge in [0, 0.05) is 31.4 Å². The minimum atomic E-state index is 0.736. The Morgan fingerprint density at radius 2 is 1.55 bits per heavy atom. The van der Waals surface area contributed by atoms with Crippen LogP contribution in [0, 0.1) is 0 Å². The van der Waals surface area contributed by atoms with Crippen molar-refractivity contribution in [3.8, 4) is 0 Å². The summed E-state index contributed by atoms with van der Waals surface area (Å²) >= 11 is 0. The van der Waals surface area contributed by atoms with E-state index in [1.165, 1.54) is 49.8 Å².